The van der Waals surface area contributed by atoms with Crippen molar-refractivity contribution < 1.29 is 9.53 Å². The highest BCUT2D eigenvalue weighted by Gasteiger charge is 2.45. The summed E-state index contributed by atoms with van der Waals surface area (Å²) >= 11 is 12.5. The molecule has 1 aliphatic carbocycles. The summed E-state index contributed by atoms with van der Waals surface area (Å²) in [6, 6.07) is 15.3. The standard InChI is InChI=1S/C28H30Cl2N2O2/c1-19-8-9-22-18-34-28(25(22)14-19)10-12-32(13-11-28)26(33)17-31-27(20-4-2-6-23(29)15-20)21-5-3-7-24(30)16-21/h2-9,15-16,19,27,31H,10-14,17-18H2,1H3. The third kappa shape index (κ3) is 4.83. The summed E-state index contributed by atoms with van der Waals surface area (Å²) in [5, 5.41) is 4.78. The number of carbonyl (C=O) groups is 1. The van der Waals surface area contributed by atoms with E-state index < -0.39 is 0 Å². The number of fused-ring (bicyclic) bond motifs is 1. The molecular weight excluding hydrogens is 467 g/mol. The number of ether oxygens (including phenoxy) is 1. The van der Waals surface area contributed by atoms with E-state index in [-0.39, 0.29) is 24.1 Å². The SMILES string of the molecule is CC1C=CC2=C(C1)C1(CCN(C(=O)CNC(c3cccc(Cl)c3)c3cccc(Cl)c3)CC1)OC2. The average Bonchev–Trinajstić information content (AvgIpc) is 3.17. The normalized spacial score (nSPS) is 21.4. The fraction of sp³-hybridized carbons (Fsp3) is 0.393. The van der Waals surface area contributed by atoms with E-state index in [1.54, 1.807) is 0 Å². The van der Waals surface area contributed by atoms with Crippen LogP contribution >= 0.6 is 23.2 Å². The number of carbonyl (C=O) groups excluding carboxylic acids is 1. The van der Waals surface area contributed by atoms with Gasteiger partial charge in [0.2, 0.25) is 5.91 Å². The van der Waals surface area contributed by atoms with E-state index in [4.69, 9.17) is 27.9 Å². The summed E-state index contributed by atoms with van der Waals surface area (Å²) in [5.41, 5.74) is 4.64. The number of amides is 1. The Bertz CT molecular complexity index is 1090. The van der Waals surface area contributed by atoms with E-state index in [0.717, 1.165) is 30.4 Å². The summed E-state index contributed by atoms with van der Waals surface area (Å²) in [6.45, 7) is 4.63. The van der Waals surface area contributed by atoms with Crippen molar-refractivity contribution in [3.05, 3.63) is 93.0 Å². The van der Waals surface area contributed by atoms with Gasteiger partial charge >= 0.3 is 0 Å². The van der Waals surface area contributed by atoms with Crippen molar-refractivity contribution in [2.45, 2.75) is 37.8 Å². The van der Waals surface area contributed by atoms with E-state index in [9.17, 15) is 4.79 Å². The summed E-state index contributed by atoms with van der Waals surface area (Å²) in [4.78, 5) is 15.2. The molecular formula is C28H30Cl2N2O2. The van der Waals surface area contributed by atoms with Crippen LogP contribution in [0.4, 0.5) is 0 Å². The van der Waals surface area contributed by atoms with Crippen LogP contribution in [0.3, 0.4) is 0 Å². The molecule has 0 radical (unpaired) electrons. The second-order valence-electron chi connectivity index (χ2n) is 9.63. The molecule has 2 aliphatic heterocycles. The number of allylic oxidation sites excluding steroid dienone is 1. The van der Waals surface area contributed by atoms with E-state index in [1.807, 2.05) is 53.4 Å². The molecule has 1 amide bonds. The molecule has 1 unspecified atom stereocenters. The fourth-order valence-electron chi connectivity index (χ4n) is 5.48. The van der Waals surface area contributed by atoms with Crippen LogP contribution in [0.5, 0.6) is 0 Å². The minimum absolute atomic E-state index is 0.105. The van der Waals surface area contributed by atoms with Crippen LogP contribution in [-0.2, 0) is 9.53 Å². The Labute approximate surface area is 211 Å². The third-order valence-corrected chi connectivity index (χ3v) is 7.81. The molecule has 5 rings (SSSR count). The van der Waals surface area contributed by atoms with E-state index >= 15 is 0 Å². The lowest BCUT2D eigenvalue weighted by molar-refractivity contribution is -0.134. The largest absolute Gasteiger partial charge is 0.366 e. The van der Waals surface area contributed by atoms with Gasteiger partial charge in [0.05, 0.1) is 24.8 Å². The second-order valence-corrected chi connectivity index (χ2v) is 10.5. The Kier molecular flexibility index (Phi) is 6.85. The number of piperidine rings is 1. The number of nitrogens with zero attached hydrogens (tertiary/aromatic N) is 1. The van der Waals surface area contributed by atoms with Gasteiger partial charge in [0.15, 0.2) is 0 Å². The molecule has 1 spiro atoms. The molecule has 2 aromatic rings. The maximum atomic E-state index is 13.2. The molecule has 2 aromatic carbocycles. The Morgan fingerprint density at radius 3 is 2.38 bits per heavy atom. The zero-order chi connectivity index (χ0) is 23.7. The van der Waals surface area contributed by atoms with Crippen molar-refractivity contribution in [2.75, 3.05) is 26.2 Å². The second kappa shape index (κ2) is 9.87. The van der Waals surface area contributed by atoms with Crippen LogP contribution in [0.15, 0.2) is 71.8 Å². The van der Waals surface area contributed by atoms with Crippen molar-refractivity contribution in [2.24, 2.45) is 5.92 Å². The number of nitrogens with one attached hydrogen (secondary N) is 1. The van der Waals surface area contributed by atoms with Gasteiger partial charge in [-0.25, -0.2) is 0 Å². The molecule has 1 atom stereocenters. The zero-order valence-electron chi connectivity index (χ0n) is 19.4. The topological polar surface area (TPSA) is 41.6 Å². The Balaban J connectivity index is 1.25. The molecule has 4 nitrogen and oxygen atoms in total. The Morgan fingerprint density at radius 2 is 1.76 bits per heavy atom. The smallest absolute Gasteiger partial charge is 0.236 e. The minimum atomic E-state index is -0.182. The maximum Gasteiger partial charge on any atom is 0.236 e. The van der Waals surface area contributed by atoms with Crippen LogP contribution in [0.2, 0.25) is 10.0 Å². The van der Waals surface area contributed by atoms with Crippen LogP contribution < -0.4 is 5.32 Å². The molecule has 1 N–H and O–H groups in total. The number of hydrogen-bond acceptors (Lipinski definition) is 3. The van der Waals surface area contributed by atoms with Crippen molar-refractivity contribution in [1.29, 1.82) is 0 Å². The van der Waals surface area contributed by atoms with Gasteiger partial charge in [-0.15, -0.1) is 0 Å². The van der Waals surface area contributed by atoms with Crippen LogP contribution in [0, 0.1) is 5.92 Å². The first-order chi connectivity index (χ1) is 16.4. The first kappa shape index (κ1) is 23.6. The third-order valence-electron chi connectivity index (χ3n) is 7.34. The minimum Gasteiger partial charge on any atom is -0.366 e. The fourth-order valence-corrected chi connectivity index (χ4v) is 5.88. The summed E-state index contributed by atoms with van der Waals surface area (Å²) in [6.07, 6.45) is 7.32. The lowest BCUT2D eigenvalue weighted by atomic mass is 9.77. The molecule has 34 heavy (non-hydrogen) atoms. The van der Waals surface area contributed by atoms with Gasteiger partial charge in [0.1, 0.15) is 0 Å². The van der Waals surface area contributed by atoms with Gasteiger partial charge in [0, 0.05) is 23.1 Å². The molecule has 0 saturated carbocycles. The molecule has 6 heteroatoms. The van der Waals surface area contributed by atoms with Gasteiger partial charge in [-0.2, -0.15) is 0 Å². The molecule has 1 fully saturated rings. The van der Waals surface area contributed by atoms with E-state index in [2.05, 4.69) is 24.4 Å². The predicted molar refractivity (Wildman–Crippen MR) is 137 cm³/mol. The molecule has 178 valence electrons. The van der Waals surface area contributed by atoms with Crippen molar-refractivity contribution in [1.82, 2.24) is 10.2 Å². The Hall–Kier alpha value is -2.11. The van der Waals surface area contributed by atoms with Gasteiger partial charge in [0.25, 0.3) is 0 Å². The van der Waals surface area contributed by atoms with E-state index in [1.165, 1.54) is 11.1 Å². The molecule has 3 aliphatic rings. The van der Waals surface area contributed by atoms with E-state index in [0.29, 0.717) is 35.7 Å². The van der Waals surface area contributed by atoms with Crippen molar-refractivity contribution in [3.8, 4) is 0 Å². The van der Waals surface area contributed by atoms with Crippen LogP contribution in [0.1, 0.15) is 43.4 Å². The number of hydrogen-bond donors (Lipinski definition) is 1. The maximum absolute atomic E-state index is 13.2. The molecule has 0 aromatic heterocycles. The van der Waals surface area contributed by atoms with Gasteiger partial charge in [-0.1, -0.05) is 66.5 Å². The first-order valence-corrected chi connectivity index (χ1v) is 12.8. The summed E-state index contributed by atoms with van der Waals surface area (Å²) in [7, 11) is 0. The van der Waals surface area contributed by atoms with Gasteiger partial charge in [-0.05, 0) is 71.7 Å². The zero-order valence-corrected chi connectivity index (χ0v) is 20.9. The van der Waals surface area contributed by atoms with Crippen LogP contribution in [-0.4, -0.2) is 42.6 Å². The number of halogens is 2. The van der Waals surface area contributed by atoms with Crippen LogP contribution in [0.25, 0.3) is 0 Å². The molecule has 1 saturated heterocycles. The highest BCUT2D eigenvalue weighted by Crippen LogP contribution is 2.45. The molecule has 0 bridgehead atoms. The lowest BCUT2D eigenvalue weighted by Gasteiger charge is -2.41. The van der Waals surface area contributed by atoms with Gasteiger partial charge < -0.3 is 9.64 Å². The quantitative estimate of drug-likeness (QED) is 0.555. The first-order valence-electron chi connectivity index (χ1n) is 12.0. The lowest BCUT2D eigenvalue weighted by Crippen LogP contribution is -2.50. The van der Waals surface area contributed by atoms with Gasteiger partial charge in [-0.3, -0.25) is 10.1 Å². The monoisotopic (exact) mass is 496 g/mol. The molecule has 2 heterocycles. The van der Waals surface area contributed by atoms with Crippen molar-refractivity contribution >= 4 is 29.1 Å². The number of benzene rings is 2. The highest BCUT2D eigenvalue weighted by molar-refractivity contribution is 6.31. The summed E-state index contributed by atoms with van der Waals surface area (Å²) < 4.78 is 6.34. The Morgan fingerprint density at radius 1 is 1.12 bits per heavy atom. The average molecular weight is 497 g/mol. The highest BCUT2D eigenvalue weighted by atomic mass is 35.5. The number of rotatable bonds is 5. The summed E-state index contributed by atoms with van der Waals surface area (Å²) in [5.74, 6) is 0.657. The van der Waals surface area contributed by atoms with Crippen molar-refractivity contribution in [3.63, 3.8) is 0 Å². The predicted octanol–water partition coefficient (Wildman–Crippen LogP) is 5.96. The number of likely N-dealkylation sites (tertiary alicyclic amines) is 1.